The van der Waals surface area contributed by atoms with Crippen molar-refractivity contribution in [1.82, 2.24) is 10.2 Å². The predicted octanol–water partition coefficient (Wildman–Crippen LogP) is 2.81. The average molecular weight is 403 g/mol. The van der Waals surface area contributed by atoms with E-state index in [0.29, 0.717) is 26.1 Å². The summed E-state index contributed by atoms with van der Waals surface area (Å²) in [4.78, 5) is 39.5. The minimum Gasteiger partial charge on any atom is -0.466 e. The molecule has 0 bridgehead atoms. The Morgan fingerprint density at radius 1 is 1.21 bits per heavy atom. The first kappa shape index (κ1) is 22.9. The number of amides is 2. The van der Waals surface area contributed by atoms with Gasteiger partial charge in [0.15, 0.2) is 0 Å². The summed E-state index contributed by atoms with van der Waals surface area (Å²) in [5.74, 6) is -1.00. The molecule has 1 aliphatic heterocycles. The molecule has 6 nitrogen and oxygen atoms in total. The van der Waals surface area contributed by atoms with Crippen molar-refractivity contribution in [2.24, 2.45) is 17.3 Å². The van der Waals surface area contributed by atoms with Crippen molar-refractivity contribution >= 4 is 17.8 Å². The van der Waals surface area contributed by atoms with Gasteiger partial charge in [0.25, 0.3) is 0 Å². The number of carbonyl (C=O) groups is 3. The summed E-state index contributed by atoms with van der Waals surface area (Å²) in [6, 6.07) is 9.71. The Balaban J connectivity index is 1.96. The van der Waals surface area contributed by atoms with E-state index in [0.717, 1.165) is 18.4 Å². The highest BCUT2D eigenvalue weighted by atomic mass is 16.5. The molecule has 1 heterocycles. The van der Waals surface area contributed by atoms with Gasteiger partial charge >= 0.3 is 5.97 Å². The molecule has 2 unspecified atom stereocenters. The maximum atomic E-state index is 12.8. The normalized spacial score (nSPS) is 18.1. The average Bonchev–Trinajstić information content (AvgIpc) is 2.70. The summed E-state index contributed by atoms with van der Waals surface area (Å²) in [5, 5.41) is 2.93. The molecule has 29 heavy (non-hydrogen) atoms. The minimum absolute atomic E-state index is 0.0727. The van der Waals surface area contributed by atoms with Crippen LogP contribution in [0.1, 0.15) is 46.1 Å². The van der Waals surface area contributed by atoms with E-state index in [4.69, 9.17) is 4.74 Å². The van der Waals surface area contributed by atoms with Crippen molar-refractivity contribution in [2.45, 2.75) is 47.0 Å². The number of esters is 1. The van der Waals surface area contributed by atoms with Gasteiger partial charge in [0.05, 0.1) is 18.4 Å². The molecular formula is C23H34N2O4. The Morgan fingerprint density at radius 2 is 1.90 bits per heavy atom. The van der Waals surface area contributed by atoms with Crippen LogP contribution in [0.4, 0.5) is 0 Å². The fraction of sp³-hybridized carbons (Fsp3) is 0.609. The lowest BCUT2D eigenvalue weighted by Crippen LogP contribution is -2.49. The molecule has 1 saturated heterocycles. The van der Waals surface area contributed by atoms with Crippen LogP contribution in [0, 0.1) is 17.3 Å². The van der Waals surface area contributed by atoms with Crippen LogP contribution in [0.5, 0.6) is 0 Å². The Labute approximate surface area is 174 Å². The van der Waals surface area contributed by atoms with Gasteiger partial charge in [-0.1, -0.05) is 51.1 Å². The molecule has 160 valence electrons. The quantitative estimate of drug-likeness (QED) is 0.712. The van der Waals surface area contributed by atoms with E-state index in [2.05, 4.69) is 5.32 Å². The van der Waals surface area contributed by atoms with Crippen LogP contribution in [0.15, 0.2) is 30.3 Å². The van der Waals surface area contributed by atoms with Crippen LogP contribution in [0.25, 0.3) is 0 Å². The van der Waals surface area contributed by atoms with Gasteiger partial charge in [-0.05, 0) is 31.7 Å². The number of piperidine rings is 1. The highest BCUT2D eigenvalue weighted by Crippen LogP contribution is 2.23. The summed E-state index contributed by atoms with van der Waals surface area (Å²) in [6.45, 7) is 9.13. The van der Waals surface area contributed by atoms with Crippen molar-refractivity contribution in [3.05, 3.63) is 35.9 Å². The molecule has 0 aromatic heterocycles. The Morgan fingerprint density at radius 3 is 2.52 bits per heavy atom. The second kappa shape index (κ2) is 10.4. The number of ether oxygens (including phenoxy) is 1. The summed E-state index contributed by atoms with van der Waals surface area (Å²) < 4.78 is 5.20. The molecule has 1 aliphatic rings. The number of nitrogens with zero attached hydrogens (tertiary/aromatic N) is 1. The third kappa shape index (κ3) is 6.87. The molecule has 1 fully saturated rings. The van der Waals surface area contributed by atoms with E-state index in [9.17, 15) is 14.4 Å². The largest absolute Gasteiger partial charge is 0.466 e. The lowest BCUT2D eigenvalue weighted by atomic mass is 9.90. The van der Waals surface area contributed by atoms with Crippen molar-refractivity contribution in [2.75, 3.05) is 26.2 Å². The molecule has 0 aliphatic carbocycles. The zero-order chi connectivity index (χ0) is 21.4. The fourth-order valence-corrected chi connectivity index (χ4v) is 3.62. The molecule has 2 rings (SSSR count). The number of rotatable bonds is 7. The number of nitrogens with one attached hydrogen (secondary N) is 1. The smallest absolute Gasteiger partial charge is 0.311 e. The lowest BCUT2D eigenvalue weighted by molar-refractivity contribution is -0.148. The second-order valence-corrected chi connectivity index (χ2v) is 8.72. The third-order valence-electron chi connectivity index (χ3n) is 5.19. The van der Waals surface area contributed by atoms with E-state index >= 15 is 0 Å². The zero-order valence-electron chi connectivity index (χ0n) is 18.1. The van der Waals surface area contributed by atoms with Crippen molar-refractivity contribution in [3.63, 3.8) is 0 Å². The molecule has 2 atom stereocenters. The van der Waals surface area contributed by atoms with E-state index in [1.807, 2.05) is 51.1 Å². The Hall–Kier alpha value is -2.37. The van der Waals surface area contributed by atoms with Gasteiger partial charge in [0, 0.05) is 25.0 Å². The first-order valence-corrected chi connectivity index (χ1v) is 10.5. The molecule has 6 heteroatoms. The van der Waals surface area contributed by atoms with Gasteiger partial charge in [-0.2, -0.15) is 0 Å². The Bertz CT molecular complexity index is 697. The van der Waals surface area contributed by atoms with Crippen molar-refractivity contribution in [1.29, 1.82) is 0 Å². The van der Waals surface area contributed by atoms with Gasteiger partial charge in [-0.3, -0.25) is 14.4 Å². The minimum atomic E-state index is -0.455. The van der Waals surface area contributed by atoms with Crippen LogP contribution >= 0.6 is 0 Å². The molecule has 1 aromatic rings. The maximum Gasteiger partial charge on any atom is 0.311 e. The van der Waals surface area contributed by atoms with E-state index in [1.165, 1.54) is 0 Å². The SMILES string of the molecule is CCOC(=O)C(CNC(=O)C1CCCN(C(=O)C(C)(C)C)C1)Cc1ccccc1. The standard InChI is InChI=1S/C23H34N2O4/c1-5-29-21(27)19(14-17-10-7-6-8-11-17)15-24-20(26)18-12-9-13-25(16-18)22(28)23(2,3)4/h6-8,10-11,18-19H,5,9,12-16H2,1-4H3,(H,24,26). The number of hydrogen-bond acceptors (Lipinski definition) is 4. The van der Waals surface area contributed by atoms with E-state index in [-0.39, 0.29) is 30.2 Å². The number of carbonyl (C=O) groups excluding carboxylic acids is 3. The fourth-order valence-electron chi connectivity index (χ4n) is 3.62. The van der Waals surface area contributed by atoms with Gasteiger partial charge < -0.3 is 15.0 Å². The summed E-state index contributed by atoms with van der Waals surface area (Å²) in [7, 11) is 0. The topological polar surface area (TPSA) is 75.7 Å². The third-order valence-corrected chi connectivity index (χ3v) is 5.19. The molecule has 0 radical (unpaired) electrons. The van der Waals surface area contributed by atoms with Crippen LogP contribution < -0.4 is 5.32 Å². The van der Waals surface area contributed by atoms with E-state index < -0.39 is 11.3 Å². The number of likely N-dealkylation sites (tertiary alicyclic amines) is 1. The van der Waals surface area contributed by atoms with Gasteiger partial charge in [0.1, 0.15) is 0 Å². The van der Waals surface area contributed by atoms with E-state index in [1.54, 1.807) is 11.8 Å². The highest BCUT2D eigenvalue weighted by molar-refractivity contribution is 5.84. The monoisotopic (exact) mass is 402 g/mol. The van der Waals surface area contributed by atoms with Crippen LogP contribution in [-0.2, 0) is 25.5 Å². The lowest BCUT2D eigenvalue weighted by Gasteiger charge is -2.36. The molecular weight excluding hydrogens is 368 g/mol. The second-order valence-electron chi connectivity index (χ2n) is 8.72. The summed E-state index contributed by atoms with van der Waals surface area (Å²) in [5.41, 5.74) is 0.572. The summed E-state index contributed by atoms with van der Waals surface area (Å²) in [6.07, 6.45) is 2.08. The molecule has 1 N–H and O–H groups in total. The predicted molar refractivity (Wildman–Crippen MR) is 112 cm³/mol. The maximum absolute atomic E-state index is 12.8. The summed E-state index contributed by atoms with van der Waals surface area (Å²) >= 11 is 0. The van der Waals surface area contributed by atoms with Crippen molar-refractivity contribution in [3.8, 4) is 0 Å². The van der Waals surface area contributed by atoms with Crippen molar-refractivity contribution < 1.29 is 19.1 Å². The first-order chi connectivity index (χ1) is 13.7. The van der Waals surface area contributed by atoms with Crippen LogP contribution in [0.2, 0.25) is 0 Å². The zero-order valence-corrected chi connectivity index (χ0v) is 18.1. The van der Waals surface area contributed by atoms with Crippen LogP contribution in [-0.4, -0.2) is 48.9 Å². The first-order valence-electron chi connectivity index (χ1n) is 10.5. The number of benzene rings is 1. The van der Waals surface area contributed by atoms with Crippen LogP contribution in [0.3, 0.4) is 0 Å². The number of hydrogen-bond donors (Lipinski definition) is 1. The highest BCUT2D eigenvalue weighted by Gasteiger charge is 2.33. The molecule has 2 amide bonds. The van der Waals surface area contributed by atoms with Gasteiger partial charge in [0.2, 0.25) is 11.8 Å². The van der Waals surface area contributed by atoms with Gasteiger partial charge in [-0.25, -0.2) is 0 Å². The molecule has 0 spiro atoms. The molecule has 0 saturated carbocycles. The van der Waals surface area contributed by atoms with Gasteiger partial charge in [-0.15, -0.1) is 0 Å². The Kier molecular flexibility index (Phi) is 8.23. The molecule has 1 aromatic carbocycles.